The van der Waals surface area contributed by atoms with Crippen LogP contribution in [0.15, 0.2) is 24.0 Å². The minimum absolute atomic E-state index is 0.268. The number of hydrogen-bond donors (Lipinski definition) is 0. The highest BCUT2D eigenvalue weighted by molar-refractivity contribution is 6.70. The summed E-state index contributed by atoms with van der Waals surface area (Å²) in [6, 6.07) is 0. The molecule has 0 saturated heterocycles. The van der Waals surface area contributed by atoms with Gasteiger partial charge in [0.25, 0.3) is 0 Å². The standard InChI is InChI=1S/C26H46O2Si2/c1-18-16-20(27-29(4,5)6)17-19-10-11-21-22-12-13-24(28-30(7,8)9)25(22,2)15-14-23(21)26(18,19)3/h13,19-23H,1,10-12,14-17H2,2-9H3/t19?,20-,21?,22?,23?,25?,26?/m1/s1. The molecule has 6 unspecified atom stereocenters. The lowest BCUT2D eigenvalue weighted by Crippen LogP contribution is -2.55. The van der Waals surface area contributed by atoms with Gasteiger partial charge in [0.15, 0.2) is 8.32 Å². The maximum atomic E-state index is 6.63. The van der Waals surface area contributed by atoms with E-state index < -0.39 is 16.6 Å². The largest absolute Gasteiger partial charge is 0.547 e. The number of rotatable bonds is 4. The Bertz CT molecular complexity index is 730. The summed E-state index contributed by atoms with van der Waals surface area (Å²) in [4.78, 5) is 0. The maximum absolute atomic E-state index is 6.63. The van der Waals surface area contributed by atoms with Gasteiger partial charge in [-0.3, -0.25) is 0 Å². The highest BCUT2D eigenvalue weighted by Crippen LogP contribution is 2.67. The van der Waals surface area contributed by atoms with Gasteiger partial charge >= 0.3 is 0 Å². The molecular formula is C26H46O2Si2. The SMILES string of the molecule is C=C1C[C@@H](O[Si](C)(C)C)CC2CCC3C4CC=C(O[Si](C)(C)C)C4(C)CCC3C12C. The van der Waals surface area contributed by atoms with E-state index in [9.17, 15) is 0 Å². The number of hydrogen-bond acceptors (Lipinski definition) is 2. The van der Waals surface area contributed by atoms with Crippen molar-refractivity contribution in [2.75, 3.05) is 0 Å². The molecule has 170 valence electrons. The van der Waals surface area contributed by atoms with Gasteiger partial charge in [0.1, 0.15) is 0 Å². The summed E-state index contributed by atoms with van der Waals surface area (Å²) in [6.07, 6.45) is 11.9. The molecule has 4 rings (SSSR count). The van der Waals surface area contributed by atoms with Crippen LogP contribution in [0.1, 0.15) is 58.8 Å². The fourth-order valence-corrected chi connectivity index (χ4v) is 10.0. The van der Waals surface area contributed by atoms with E-state index in [-0.39, 0.29) is 5.41 Å². The molecule has 0 aromatic carbocycles. The van der Waals surface area contributed by atoms with Gasteiger partial charge in [-0.2, -0.15) is 0 Å². The molecule has 3 saturated carbocycles. The molecule has 4 aliphatic rings. The lowest BCUT2D eigenvalue weighted by Gasteiger charge is -2.61. The van der Waals surface area contributed by atoms with Gasteiger partial charge < -0.3 is 8.85 Å². The first-order chi connectivity index (χ1) is 13.7. The van der Waals surface area contributed by atoms with Crippen LogP contribution in [0.5, 0.6) is 0 Å². The average Bonchev–Trinajstić information content (AvgIpc) is 2.90. The second-order valence-electron chi connectivity index (χ2n) is 13.3. The first-order valence-corrected chi connectivity index (χ1v) is 19.3. The molecule has 7 atom stereocenters. The van der Waals surface area contributed by atoms with Crippen LogP contribution in [-0.4, -0.2) is 22.7 Å². The second-order valence-corrected chi connectivity index (χ2v) is 22.2. The van der Waals surface area contributed by atoms with E-state index in [1.54, 1.807) is 0 Å². The molecule has 4 heteroatoms. The summed E-state index contributed by atoms with van der Waals surface area (Å²) in [5.74, 6) is 4.51. The van der Waals surface area contributed by atoms with Gasteiger partial charge in [-0.15, -0.1) is 0 Å². The van der Waals surface area contributed by atoms with Crippen LogP contribution in [0.4, 0.5) is 0 Å². The van der Waals surface area contributed by atoms with Gasteiger partial charge in [-0.25, -0.2) is 0 Å². The zero-order chi connectivity index (χ0) is 22.1. The Morgan fingerprint density at radius 1 is 0.967 bits per heavy atom. The molecule has 0 heterocycles. The number of allylic oxidation sites excluding steroid dienone is 2. The first kappa shape index (κ1) is 22.9. The Morgan fingerprint density at radius 2 is 1.67 bits per heavy atom. The molecule has 0 spiro atoms. The summed E-state index contributed by atoms with van der Waals surface area (Å²) >= 11 is 0. The van der Waals surface area contributed by atoms with E-state index >= 15 is 0 Å². The van der Waals surface area contributed by atoms with Crippen molar-refractivity contribution in [3.63, 3.8) is 0 Å². The van der Waals surface area contributed by atoms with Gasteiger partial charge in [0.05, 0.1) is 5.76 Å². The van der Waals surface area contributed by atoms with Crippen molar-refractivity contribution in [1.29, 1.82) is 0 Å². The third-order valence-corrected chi connectivity index (χ3v) is 11.0. The Balaban J connectivity index is 1.54. The van der Waals surface area contributed by atoms with Crippen molar-refractivity contribution in [2.24, 2.45) is 34.5 Å². The van der Waals surface area contributed by atoms with E-state index in [1.165, 1.54) is 49.9 Å². The molecule has 0 N–H and O–H groups in total. The van der Waals surface area contributed by atoms with Crippen molar-refractivity contribution in [1.82, 2.24) is 0 Å². The summed E-state index contributed by atoms with van der Waals surface area (Å²) in [7, 11) is -3.07. The van der Waals surface area contributed by atoms with Crippen LogP contribution < -0.4 is 0 Å². The van der Waals surface area contributed by atoms with Crippen molar-refractivity contribution < 1.29 is 8.85 Å². The second kappa shape index (κ2) is 7.35. The van der Waals surface area contributed by atoms with Crippen LogP contribution in [-0.2, 0) is 8.85 Å². The van der Waals surface area contributed by atoms with Crippen molar-refractivity contribution in [3.05, 3.63) is 24.0 Å². The van der Waals surface area contributed by atoms with Gasteiger partial charge in [-0.1, -0.05) is 26.0 Å². The lowest BCUT2D eigenvalue weighted by atomic mass is 9.44. The van der Waals surface area contributed by atoms with Crippen LogP contribution in [0.3, 0.4) is 0 Å². The van der Waals surface area contributed by atoms with Crippen LogP contribution in [0, 0.1) is 34.5 Å². The molecule has 30 heavy (non-hydrogen) atoms. The molecule has 0 aliphatic heterocycles. The third kappa shape index (κ3) is 3.83. The zero-order valence-electron chi connectivity index (χ0n) is 20.9. The van der Waals surface area contributed by atoms with Crippen molar-refractivity contribution >= 4 is 16.6 Å². The molecule has 0 aromatic heterocycles. The normalized spacial score (nSPS) is 44.1. The fraction of sp³-hybridized carbons (Fsp3) is 0.846. The summed E-state index contributed by atoms with van der Waals surface area (Å²) in [6.45, 7) is 23.8. The molecular weight excluding hydrogens is 400 g/mol. The lowest BCUT2D eigenvalue weighted by molar-refractivity contribution is -0.0916. The van der Waals surface area contributed by atoms with E-state index in [4.69, 9.17) is 15.4 Å². The minimum Gasteiger partial charge on any atom is -0.547 e. The maximum Gasteiger partial charge on any atom is 0.241 e. The van der Waals surface area contributed by atoms with Crippen molar-refractivity contribution in [3.8, 4) is 0 Å². The molecule has 0 bridgehead atoms. The molecule has 0 aromatic rings. The first-order valence-electron chi connectivity index (χ1n) is 12.5. The predicted octanol–water partition coefficient (Wildman–Crippen LogP) is 7.76. The van der Waals surface area contributed by atoms with Crippen LogP contribution >= 0.6 is 0 Å². The van der Waals surface area contributed by atoms with Crippen LogP contribution in [0.2, 0.25) is 39.3 Å². The van der Waals surface area contributed by atoms with Gasteiger partial charge in [-0.05, 0) is 119 Å². The Kier molecular flexibility index (Phi) is 5.60. The Morgan fingerprint density at radius 3 is 2.30 bits per heavy atom. The predicted molar refractivity (Wildman–Crippen MR) is 132 cm³/mol. The molecule has 0 amide bonds. The summed E-state index contributed by atoms with van der Waals surface area (Å²) in [5, 5.41) is 0. The monoisotopic (exact) mass is 446 g/mol. The Labute approximate surface area is 188 Å². The highest BCUT2D eigenvalue weighted by atomic mass is 28.4. The highest BCUT2D eigenvalue weighted by Gasteiger charge is 2.60. The summed E-state index contributed by atoms with van der Waals surface area (Å²) < 4.78 is 13.2. The van der Waals surface area contributed by atoms with Crippen LogP contribution in [0.25, 0.3) is 0 Å². The van der Waals surface area contributed by atoms with Gasteiger partial charge in [0, 0.05) is 11.5 Å². The van der Waals surface area contributed by atoms with E-state index in [0.717, 1.165) is 30.1 Å². The smallest absolute Gasteiger partial charge is 0.241 e. The van der Waals surface area contributed by atoms with Crippen molar-refractivity contribution in [2.45, 2.75) is 104 Å². The minimum atomic E-state index is -1.56. The van der Waals surface area contributed by atoms with Gasteiger partial charge in [0.2, 0.25) is 8.32 Å². The zero-order valence-corrected chi connectivity index (χ0v) is 22.9. The Hall–Kier alpha value is -0.326. The van der Waals surface area contributed by atoms with E-state index in [0.29, 0.717) is 11.5 Å². The average molecular weight is 447 g/mol. The third-order valence-electron chi connectivity index (χ3n) is 9.13. The molecule has 3 fully saturated rings. The fourth-order valence-electron chi connectivity index (χ4n) is 7.85. The van der Waals surface area contributed by atoms with E-state index in [2.05, 4.69) is 59.2 Å². The molecule has 2 nitrogen and oxygen atoms in total. The van der Waals surface area contributed by atoms with E-state index in [1.807, 2.05) is 0 Å². The quantitative estimate of drug-likeness (QED) is 0.324. The molecule has 0 radical (unpaired) electrons. The molecule has 4 aliphatic carbocycles. The number of fused-ring (bicyclic) bond motifs is 5. The topological polar surface area (TPSA) is 18.5 Å². The summed E-state index contributed by atoms with van der Waals surface area (Å²) in [5.41, 5.74) is 2.08.